The Balaban J connectivity index is 2.92. The third kappa shape index (κ3) is 1.87. The summed E-state index contributed by atoms with van der Waals surface area (Å²) in [4.78, 5) is 3.98. The predicted molar refractivity (Wildman–Crippen MR) is 52.1 cm³/mol. The van der Waals surface area contributed by atoms with Crippen LogP contribution < -0.4 is 11.1 Å². The number of pyridine rings is 1. The highest BCUT2D eigenvalue weighted by atomic mass is 14.9. The second-order valence-corrected chi connectivity index (χ2v) is 3.17. The van der Waals surface area contributed by atoms with Gasteiger partial charge in [-0.3, -0.25) is 0 Å². The van der Waals surface area contributed by atoms with Gasteiger partial charge in [0.15, 0.2) is 0 Å². The Bertz CT molecular complexity index is 268. The van der Waals surface area contributed by atoms with Gasteiger partial charge in [0.05, 0.1) is 0 Å². The average molecular weight is 165 g/mol. The van der Waals surface area contributed by atoms with Gasteiger partial charge in [-0.2, -0.15) is 0 Å². The number of nitrogen functional groups attached to an aromatic ring is 1. The summed E-state index contributed by atoms with van der Waals surface area (Å²) >= 11 is 0. The summed E-state index contributed by atoms with van der Waals surface area (Å²) < 4.78 is 0. The molecule has 0 aliphatic rings. The molecule has 0 saturated carbocycles. The maximum Gasteiger partial charge on any atom is 0.128 e. The van der Waals surface area contributed by atoms with Crippen molar-refractivity contribution in [3.63, 3.8) is 0 Å². The first-order chi connectivity index (χ1) is 5.61. The Kier molecular flexibility index (Phi) is 2.53. The average Bonchev–Trinajstić information content (AvgIpc) is 1.98. The molecule has 0 amide bonds. The van der Waals surface area contributed by atoms with E-state index in [-0.39, 0.29) is 0 Å². The molecule has 3 heteroatoms. The normalized spacial score (nSPS) is 10.3. The van der Waals surface area contributed by atoms with E-state index >= 15 is 0 Å². The molecule has 12 heavy (non-hydrogen) atoms. The van der Waals surface area contributed by atoms with Crippen LogP contribution in [0.3, 0.4) is 0 Å². The van der Waals surface area contributed by atoms with Crippen LogP contribution in [-0.2, 0) is 0 Å². The Morgan fingerprint density at radius 3 is 2.75 bits per heavy atom. The van der Waals surface area contributed by atoms with Crippen LogP contribution in [0.25, 0.3) is 0 Å². The molecule has 0 saturated heterocycles. The molecule has 66 valence electrons. The lowest BCUT2D eigenvalue weighted by atomic mass is 10.2. The number of anilines is 2. The molecule has 1 heterocycles. The number of rotatable bonds is 2. The number of hydrogen-bond donors (Lipinski definition) is 2. The zero-order valence-corrected chi connectivity index (χ0v) is 7.76. The van der Waals surface area contributed by atoms with Gasteiger partial charge in [0.2, 0.25) is 0 Å². The Morgan fingerprint density at radius 2 is 2.17 bits per heavy atom. The summed E-state index contributed by atoms with van der Waals surface area (Å²) in [6.07, 6.45) is 1.72. The van der Waals surface area contributed by atoms with Gasteiger partial charge in [0, 0.05) is 23.5 Å². The fourth-order valence-electron chi connectivity index (χ4n) is 1.02. The summed E-state index contributed by atoms with van der Waals surface area (Å²) in [5, 5.41) is 3.29. The molecule has 0 spiro atoms. The summed E-state index contributed by atoms with van der Waals surface area (Å²) in [6, 6.07) is 2.36. The first-order valence-corrected chi connectivity index (χ1v) is 4.09. The SMILES string of the molecule is Cc1c(NC(C)C)ccnc1N. The molecule has 0 radical (unpaired) electrons. The first-order valence-electron chi connectivity index (χ1n) is 4.09. The van der Waals surface area contributed by atoms with Crippen LogP contribution in [0.1, 0.15) is 19.4 Å². The molecule has 3 nitrogen and oxygen atoms in total. The largest absolute Gasteiger partial charge is 0.383 e. The fourth-order valence-corrected chi connectivity index (χ4v) is 1.02. The van der Waals surface area contributed by atoms with Crippen molar-refractivity contribution in [3.8, 4) is 0 Å². The summed E-state index contributed by atoms with van der Waals surface area (Å²) in [5.74, 6) is 0.598. The van der Waals surface area contributed by atoms with E-state index in [2.05, 4.69) is 24.1 Å². The van der Waals surface area contributed by atoms with Crippen LogP contribution in [0.2, 0.25) is 0 Å². The van der Waals surface area contributed by atoms with Gasteiger partial charge in [-0.1, -0.05) is 0 Å². The molecule has 0 aromatic carbocycles. The zero-order valence-electron chi connectivity index (χ0n) is 7.76. The molecule has 0 bridgehead atoms. The van der Waals surface area contributed by atoms with Gasteiger partial charge >= 0.3 is 0 Å². The van der Waals surface area contributed by atoms with Crippen molar-refractivity contribution < 1.29 is 0 Å². The molecule has 1 aromatic heterocycles. The van der Waals surface area contributed by atoms with Crippen LogP contribution in [0, 0.1) is 6.92 Å². The van der Waals surface area contributed by atoms with E-state index in [0.717, 1.165) is 11.3 Å². The number of nitrogens with two attached hydrogens (primary N) is 1. The quantitative estimate of drug-likeness (QED) is 0.702. The second-order valence-electron chi connectivity index (χ2n) is 3.17. The number of nitrogens with zero attached hydrogens (tertiary/aromatic N) is 1. The minimum Gasteiger partial charge on any atom is -0.383 e. The third-order valence-electron chi connectivity index (χ3n) is 1.69. The van der Waals surface area contributed by atoms with Gasteiger partial charge in [0.1, 0.15) is 5.82 Å². The van der Waals surface area contributed by atoms with E-state index in [9.17, 15) is 0 Å². The molecular weight excluding hydrogens is 150 g/mol. The molecule has 1 rings (SSSR count). The van der Waals surface area contributed by atoms with E-state index in [1.165, 1.54) is 0 Å². The summed E-state index contributed by atoms with van der Waals surface area (Å²) in [7, 11) is 0. The molecule has 0 aliphatic heterocycles. The van der Waals surface area contributed by atoms with Crippen molar-refractivity contribution in [3.05, 3.63) is 17.8 Å². The van der Waals surface area contributed by atoms with E-state index in [0.29, 0.717) is 11.9 Å². The lowest BCUT2D eigenvalue weighted by Gasteiger charge is -2.12. The molecule has 0 unspecified atom stereocenters. The summed E-state index contributed by atoms with van der Waals surface area (Å²) in [6.45, 7) is 6.15. The Labute approximate surface area is 73.0 Å². The first kappa shape index (κ1) is 8.84. The van der Waals surface area contributed by atoms with Gasteiger partial charge in [-0.25, -0.2) is 4.98 Å². The highest BCUT2D eigenvalue weighted by Gasteiger charge is 2.02. The maximum absolute atomic E-state index is 5.65. The molecule has 0 fully saturated rings. The van der Waals surface area contributed by atoms with Crippen molar-refractivity contribution in [1.82, 2.24) is 4.98 Å². The van der Waals surface area contributed by atoms with Crippen LogP contribution in [0.5, 0.6) is 0 Å². The minimum absolute atomic E-state index is 0.422. The van der Waals surface area contributed by atoms with E-state index < -0.39 is 0 Å². The molecule has 0 aliphatic carbocycles. The monoisotopic (exact) mass is 165 g/mol. The number of nitrogens with one attached hydrogen (secondary N) is 1. The Hall–Kier alpha value is -1.25. The van der Waals surface area contributed by atoms with Crippen LogP contribution in [0.4, 0.5) is 11.5 Å². The number of hydrogen-bond acceptors (Lipinski definition) is 3. The van der Waals surface area contributed by atoms with Crippen molar-refractivity contribution in [2.75, 3.05) is 11.1 Å². The highest BCUT2D eigenvalue weighted by Crippen LogP contribution is 2.18. The molecule has 3 N–H and O–H groups in total. The smallest absolute Gasteiger partial charge is 0.128 e. The van der Waals surface area contributed by atoms with Gasteiger partial charge in [0.25, 0.3) is 0 Å². The molecule has 0 atom stereocenters. The maximum atomic E-state index is 5.65. The Morgan fingerprint density at radius 1 is 1.50 bits per heavy atom. The van der Waals surface area contributed by atoms with Crippen LogP contribution >= 0.6 is 0 Å². The van der Waals surface area contributed by atoms with E-state index in [1.54, 1.807) is 6.20 Å². The van der Waals surface area contributed by atoms with E-state index in [4.69, 9.17) is 5.73 Å². The van der Waals surface area contributed by atoms with Gasteiger partial charge in [-0.05, 0) is 26.8 Å². The lowest BCUT2D eigenvalue weighted by molar-refractivity contribution is 0.896. The summed E-state index contributed by atoms with van der Waals surface area (Å²) in [5.41, 5.74) is 7.73. The standard InChI is InChI=1S/C9H15N3/c1-6(2)12-8-4-5-11-9(10)7(8)3/h4-6H,1-3H3,(H3,10,11,12). The molecule has 1 aromatic rings. The van der Waals surface area contributed by atoms with E-state index in [1.807, 2.05) is 13.0 Å². The van der Waals surface area contributed by atoms with Crippen molar-refractivity contribution in [2.45, 2.75) is 26.8 Å². The lowest BCUT2D eigenvalue weighted by Crippen LogP contribution is -2.11. The van der Waals surface area contributed by atoms with Crippen molar-refractivity contribution in [2.24, 2.45) is 0 Å². The topological polar surface area (TPSA) is 50.9 Å². The second kappa shape index (κ2) is 3.43. The highest BCUT2D eigenvalue weighted by molar-refractivity contribution is 5.59. The van der Waals surface area contributed by atoms with Crippen molar-refractivity contribution in [1.29, 1.82) is 0 Å². The molecular formula is C9H15N3. The van der Waals surface area contributed by atoms with Gasteiger partial charge < -0.3 is 11.1 Å². The minimum atomic E-state index is 0.422. The predicted octanol–water partition coefficient (Wildman–Crippen LogP) is 1.79. The van der Waals surface area contributed by atoms with Crippen LogP contribution in [-0.4, -0.2) is 11.0 Å². The zero-order chi connectivity index (χ0) is 9.14. The third-order valence-corrected chi connectivity index (χ3v) is 1.69. The fraction of sp³-hybridized carbons (Fsp3) is 0.444. The van der Waals surface area contributed by atoms with Gasteiger partial charge in [-0.15, -0.1) is 0 Å². The van der Waals surface area contributed by atoms with Crippen LogP contribution in [0.15, 0.2) is 12.3 Å². The van der Waals surface area contributed by atoms with Crippen molar-refractivity contribution >= 4 is 11.5 Å². The number of aromatic nitrogens is 1.